The molecule has 0 aliphatic rings. The molecule has 116 valence electrons. The average molecular weight is 405 g/mol. The molecule has 2 N–H and O–H groups in total. The number of nitrogens with one attached hydrogen (secondary N) is 2. The number of halogens is 2. The van der Waals surface area contributed by atoms with Crippen molar-refractivity contribution in [1.29, 1.82) is 0 Å². The molecule has 0 radical (unpaired) electrons. The third-order valence-corrected chi connectivity index (χ3v) is 4.34. The highest BCUT2D eigenvalue weighted by Gasteiger charge is 2.15. The molecule has 6 nitrogen and oxygen atoms in total. The number of ether oxygens (including phenoxy) is 1. The number of aromatic nitrogens is 1. The van der Waals surface area contributed by atoms with Gasteiger partial charge in [-0.25, -0.2) is 4.98 Å². The Labute approximate surface area is 143 Å². The Morgan fingerprint density at radius 2 is 2.00 bits per heavy atom. The van der Waals surface area contributed by atoms with Crippen LogP contribution < -0.4 is 15.6 Å². The van der Waals surface area contributed by atoms with E-state index in [0.717, 1.165) is 3.79 Å². The van der Waals surface area contributed by atoms with Gasteiger partial charge in [0.1, 0.15) is 0 Å². The summed E-state index contributed by atoms with van der Waals surface area (Å²) in [6, 6.07) is 6.44. The van der Waals surface area contributed by atoms with Crippen molar-refractivity contribution in [2.75, 3.05) is 6.61 Å². The van der Waals surface area contributed by atoms with Crippen LogP contribution in [0, 0.1) is 0 Å². The van der Waals surface area contributed by atoms with Gasteiger partial charge in [-0.3, -0.25) is 20.4 Å². The zero-order valence-electron chi connectivity index (χ0n) is 11.4. The number of carbonyl (C=O) groups is 2. The van der Waals surface area contributed by atoms with Crippen molar-refractivity contribution >= 4 is 50.7 Å². The van der Waals surface area contributed by atoms with E-state index >= 15 is 0 Å². The smallest absolute Gasteiger partial charge is 0.289 e. The van der Waals surface area contributed by atoms with E-state index in [2.05, 4.69) is 31.8 Å². The number of amides is 2. The van der Waals surface area contributed by atoms with E-state index < -0.39 is 11.8 Å². The van der Waals surface area contributed by atoms with Crippen LogP contribution in [0.15, 0.2) is 28.1 Å². The molecule has 0 atom stereocenters. The number of hydrogen-bond donors (Lipinski definition) is 2. The van der Waals surface area contributed by atoms with Gasteiger partial charge in [0.2, 0.25) is 5.88 Å². The van der Waals surface area contributed by atoms with E-state index in [4.69, 9.17) is 16.3 Å². The fourth-order valence-corrected chi connectivity index (χ4v) is 2.95. The summed E-state index contributed by atoms with van der Waals surface area (Å²) in [5.74, 6) is -0.776. The summed E-state index contributed by atoms with van der Waals surface area (Å²) < 4.78 is 6.03. The number of nitrogens with zero attached hydrogens (tertiary/aromatic N) is 1. The average Bonchev–Trinajstić information content (AvgIpc) is 2.93. The SMILES string of the molecule is CCOc1ccc(Cl)c(C(=O)NNC(=O)c2ccc(Br)s2)n1. The van der Waals surface area contributed by atoms with Crippen LogP contribution in [0.5, 0.6) is 5.88 Å². The molecule has 22 heavy (non-hydrogen) atoms. The molecule has 0 aliphatic carbocycles. The number of pyridine rings is 1. The molecule has 9 heteroatoms. The molecule has 0 fully saturated rings. The zero-order valence-corrected chi connectivity index (χ0v) is 14.5. The Bertz CT molecular complexity index is 708. The van der Waals surface area contributed by atoms with Crippen molar-refractivity contribution in [2.24, 2.45) is 0 Å². The Morgan fingerprint density at radius 3 is 2.64 bits per heavy atom. The first-order chi connectivity index (χ1) is 10.5. The highest BCUT2D eigenvalue weighted by atomic mass is 79.9. The molecule has 2 amide bonds. The van der Waals surface area contributed by atoms with Crippen LogP contribution in [0.3, 0.4) is 0 Å². The number of thiophene rings is 1. The molecule has 0 saturated carbocycles. The van der Waals surface area contributed by atoms with Crippen molar-refractivity contribution < 1.29 is 14.3 Å². The van der Waals surface area contributed by atoms with Crippen molar-refractivity contribution in [3.05, 3.63) is 43.6 Å². The Kier molecular flexibility index (Phi) is 5.76. The van der Waals surface area contributed by atoms with Crippen molar-refractivity contribution in [1.82, 2.24) is 15.8 Å². The predicted molar refractivity (Wildman–Crippen MR) is 87.4 cm³/mol. The lowest BCUT2D eigenvalue weighted by Gasteiger charge is -2.08. The van der Waals surface area contributed by atoms with Crippen LogP contribution in [-0.2, 0) is 0 Å². The third-order valence-electron chi connectivity index (χ3n) is 2.41. The number of rotatable bonds is 4. The Balaban J connectivity index is 2.03. The van der Waals surface area contributed by atoms with Crippen LogP contribution in [0.2, 0.25) is 5.02 Å². The number of hydrogen-bond acceptors (Lipinski definition) is 5. The van der Waals surface area contributed by atoms with Crippen LogP contribution in [0.1, 0.15) is 27.1 Å². The maximum atomic E-state index is 12.0. The van der Waals surface area contributed by atoms with Gasteiger partial charge in [-0.15, -0.1) is 11.3 Å². The lowest BCUT2D eigenvalue weighted by molar-refractivity contribution is 0.0845. The number of carbonyl (C=O) groups excluding carboxylic acids is 2. The molecule has 2 aromatic rings. The monoisotopic (exact) mass is 403 g/mol. The normalized spacial score (nSPS) is 10.1. The van der Waals surface area contributed by atoms with Crippen LogP contribution in [0.4, 0.5) is 0 Å². The second kappa shape index (κ2) is 7.57. The Morgan fingerprint density at radius 1 is 1.27 bits per heavy atom. The third kappa shape index (κ3) is 4.19. The summed E-state index contributed by atoms with van der Waals surface area (Å²) >= 11 is 10.4. The van der Waals surface area contributed by atoms with E-state index in [1.54, 1.807) is 25.1 Å². The van der Waals surface area contributed by atoms with E-state index in [1.807, 2.05) is 0 Å². The van der Waals surface area contributed by atoms with Gasteiger partial charge in [0.25, 0.3) is 11.8 Å². The second-order valence-electron chi connectivity index (χ2n) is 3.92. The van der Waals surface area contributed by atoms with Gasteiger partial charge >= 0.3 is 0 Å². The second-order valence-corrected chi connectivity index (χ2v) is 6.80. The largest absolute Gasteiger partial charge is 0.478 e. The van der Waals surface area contributed by atoms with Crippen LogP contribution in [-0.4, -0.2) is 23.4 Å². The van der Waals surface area contributed by atoms with Gasteiger partial charge in [0, 0.05) is 6.07 Å². The van der Waals surface area contributed by atoms with Gasteiger partial charge in [0.05, 0.1) is 20.3 Å². The number of hydrazine groups is 1. The molecule has 2 aromatic heterocycles. The summed E-state index contributed by atoms with van der Waals surface area (Å²) in [6.07, 6.45) is 0. The molecule has 0 spiro atoms. The summed E-state index contributed by atoms with van der Waals surface area (Å²) in [6.45, 7) is 2.22. The zero-order chi connectivity index (χ0) is 16.1. The van der Waals surface area contributed by atoms with Gasteiger partial charge in [-0.05, 0) is 41.1 Å². The molecule has 0 unspecified atom stereocenters. The highest BCUT2D eigenvalue weighted by Crippen LogP contribution is 2.21. The molecule has 0 aromatic carbocycles. The van der Waals surface area contributed by atoms with E-state index in [-0.39, 0.29) is 16.6 Å². The summed E-state index contributed by atoms with van der Waals surface area (Å²) in [5, 5.41) is 0.161. The highest BCUT2D eigenvalue weighted by molar-refractivity contribution is 9.11. The van der Waals surface area contributed by atoms with Crippen LogP contribution in [0.25, 0.3) is 0 Å². The van der Waals surface area contributed by atoms with Crippen molar-refractivity contribution in [2.45, 2.75) is 6.92 Å². The van der Waals surface area contributed by atoms with E-state index in [9.17, 15) is 9.59 Å². The first-order valence-electron chi connectivity index (χ1n) is 6.16. The minimum Gasteiger partial charge on any atom is -0.478 e. The standard InChI is InChI=1S/C13H11BrClN3O3S/c1-2-21-10-6-3-7(15)11(16-10)13(20)18-17-12(19)8-4-5-9(14)22-8/h3-6H,2H2,1H3,(H,17,19)(H,18,20). The molecule has 0 saturated heterocycles. The summed E-state index contributed by atoms with van der Waals surface area (Å²) in [7, 11) is 0. The van der Waals surface area contributed by atoms with Crippen molar-refractivity contribution in [3.63, 3.8) is 0 Å². The molecular weight excluding hydrogens is 394 g/mol. The minimum absolute atomic E-state index is 0.0275. The fourth-order valence-electron chi connectivity index (χ4n) is 1.48. The quantitative estimate of drug-likeness (QED) is 0.768. The fraction of sp³-hybridized carbons (Fsp3) is 0.154. The first kappa shape index (κ1) is 16.7. The van der Waals surface area contributed by atoms with Gasteiger partial charge in [-0.2, -0.15) is 0 Å². The maximum Gasteiger partial charge on any atom is 0.289 e. The minimum atomic E-state index is -0.629. The van der Waals surface area contributed by atoms with Gasteiger partial charge in [-0.1, -0.05) is 11.6 Å². The first-order valence-corrected chi connectivity index (χ1v) is 8.15. The molecular formula is C13H11BrClN3O3S. The van der Waals surface area contributed by atoms with Crippen LogP contribution >= 0.6 is 38.9 Å². The summed E-state index contributed by atoms with van der Waals surface area (Å²) in [4.78, 5) is 28.3. The lowest BCUT2D eigenvalue weighted by atomic mass is 10.3. The predicted octanol–water partition coefficient (Wildman–Crippen LogP) is 3.03. The molecule has 2 rings (SSSR count). The van der Waals surface area contributed by atoms with Crippen molar-refractivity contribution in [3.8, 4) is 5.88 Å². The lowest BCUT2D eigenvalue weighted by Crippen LogP contribution is -2.41. The van der Waals surface area contributed by atoms with Gasteiger partial charge in [0.15, 0.2) is 5.69 Å². The molecule has 0 bridgehead atoms. The molecule has 2 heterocycles. The maximum absolute atomic E-state index is 12.0. The van der Waals surface area contributed by atoms with Gasteiger partial charge < -0.3 is 4.74 Å². The summed E-state index contributed by atoms with van der Waals surface area (Å²) in [5.41, 5.74) is 4.54. The topological polar surface area (TPSA) is 80.3 Å². The Hall–Kier alpha value is -1.64. The van der Waals surface area contributed by atoms with E-state index in [0.29, 0.717) is 11.5 Å². The van der Waals surface area contributed by atoms with E-state index in [1.165, 1.54) is 17.4 Å². The molecule has 0 aliphatic heterocycles.